The normalized spacial score (nSPS) is 10.5. The Kier molecular flexibility index (Phi) is 6.99. The number of anilines is 2. The fourth-order valence-corrected chi connectivity index (χ4v) is 3.64. The van der Waals surface area contributed by atoms with Gasteiger partial charge in [0.25, 0.3) is 11.5 Å². The lowest BCUT2D eigenvalue weighted by Crippen LogP contribution is -2.24. The van der Waals surface area contributed by atoms with E-state index in [0.717, 1.165) is 5.56 Å². The number of carbonyl (C=O) groups is 1. The van der Waals surface area contributed by atoms with Gasteiger partial charge in [0.15, 0.2) is 11.4 Å². The Morgan fingerprint density at radius 2 is 1.57 bits per heavy atom. The third-order valence-electron chi connectivity index (χ3n) is 5.51. The summed E-state index contributed by atoms with van der Waals surface area (Å²) in [6.07, 6.45) is 4.90. The highest BCUT2D eigenvalue weighted by Gasteiger charge is 2.16. The van der Waals surface area contributed by atoms with E-state index >= 15 is 0 Å². The van der Waals surface area contributed by atoms with E-state index in [4.69, 9.17) is 4.74 Å². The second-order valence-corrected chi connectivity index (χ2v) is 8.10. The third kappa shape index (κ3) is 5.71. The quantitative estimate of drug-likeness (QED) is 0.315. The van der Waals surface area contributed by atoms with Crippen molar-refractivity contribution in [1.82, 2.24) is 20.1 Å². The average Bonchev–Trinajstić information content (AvgIpc) is 2.95. The number of nitrogens with zero attached hydrogens (tertiary/aromatic N) is 3. The van der Waals surface area contributed by atoms with E-state index < -0.39 is 0 Å². The lowest BCUT2D eigenvalue weighted by Gasteiger charge is -2.15. The van der Waals surface area contributed by atoms with E-state index in [2.05, 4.69) is 20.7 Å². The average molecular weight is 490 g/mol. The Hall–Kier alpha value is -5.24. The molecule has 0 saturated carbocycles. The topological polar surface area (TPSA) is 98.1 Å². The first-order chi connectivity index (χ1) is 18.2. The maximum atomic E-state index is 13.5. The predicted octanol–water partition coefficient (Wildman–Crippen LogP) is 5.09. The number of aromatic nitrogens is 3. The van der Waals surface area contributed by atoms with Crippen LogP contribution in [0.1, 0.15) is 15.9 Å². The van der Waals surface area contributed by atoms with Crippen molar-refractivity contribution in [3.63, 3.8) is 0 Å². The van der Waals surface area contributed by atoms with Crippen LogP contribution in [-0.2, 0) is 6.54 Å². The molecule has 0 spiro atoms. The van der Waals surface area contributed by atoms with Gasteiger partial charge in [-0.1, -0.05) is 42.5 Å². The second-order valence-electron chi connectivity index (χ2n) is 8.10. The third-order valence-corrected chi connectivity index (χ3v) is 5.51. The largest absolute Gasteiger partial charge is 0.453 e. The zero-order chi connectivity index (χ0) is 25.5. The molecular formula is C29H23N5O3. The molecule has 8 heteroatoms. The van der Waals surface area contributed by atoms with Crippen molar-refractivity contribution in [3.05, 3.63) is 137 Å². The van der Waals surface area contributed by atoms with E-state index in [0.29, 0.717) is 29.2 Å². The summed E-state index contributed by atoms with van der Waals surface area (Å²) in [7, 11) is 0. The molecule has 0 unspecified atom stereocenters. The summed E-state index contributed by atoms with van der Waals surface area (Å²) in [5.41, 5.74) is 2.49. The summed E-state index contributed by atoms with van der Waals surface area (Å²) in [5.74, 6) is 0.644. The number of rotatable bonds is 8. The van der Waals surface area contributed by atoms with Gasteiger partial charge in [0.05, 0.1) is 11.9 Å². The highest BCUT2D eigenvalue weighted by Crippen LogP contribution is 2.28. The standard InChI is InChI=1S/C29H23N5O3/c35-28(31-19-21-8-7-17-30-18-21)22-13-15-23(16-14-22)33-27-26(37-25-11-5-2-6-12-25)20-32-34(29(27)36)24-9-3-1-4-10-24/h1-18,20,33H,19H2,(H,31,35). The number of ether oxygens (including phenoxy) is 1. The van der Waals surface area contributed by atoms with Crippen LogP contribution in [0.15, 0.2) is 120 Å². The lowest BCUT2D eigenvalue weighted by atomic mass is 10.2. The summed E-state index contributed by atoms with van der Waals surface area (Å²) in [6, 6.07) is 28.9. The van der Waals surface area contributed by atoms with Crippen molar-refractivity contribution >= 4 is 17.3 Å². The molecule has 0 fully saturated rings. The Balaban J connectivity index is 1.40. The van der Waals surface area contributed by atoms with E-state index in [9.17, 15) is 9.59 Å². The van der Waals surface area contributed by atoms with Crippen molar-refractivity contribution in [2.24, 2.45) is 0 Å². The molecule has 1 amide bonds. The van der Waals surface area contributed by atoms with Crippen molar-refractivity contribution in [1.29, 1.82) is 0 Å². The molecule has 8 nitrogen and oxygen atoms in total. The maximum Gasteiger partial charge on any atom is 0.299 e. The number of hydrogen-bond acceptors (Lipinski definition) is 6. The first kappa shape index (κ1) is 23.5. The summed E-state index contributed by atoms with van der Waals surface area (Å²) in [6.45, 7) is 0.378. The van der Waals surface area contributed by atoms with Gasteiger partial charge in [0.2, 0.25) is 0 Å². The van der Waals surface area contributed by atoms with Gasteiger partial charge in [-0.2, -0.15) is 9.78 Å². The summed E-state index contributed by atoms with van der Waals surface area (Å²) >= 11 is 0. The van der Waals surface area contributed by atoms with Gasteiger partial charge in [0, 0.05) is 30.2 Å². The van der Waals surface area contributed by atoms with Gasteiger partial charge in [-0.15, -0.1) is 0 Å². The SMILES string of the molecule is O=C(NCc1cccnc1)c1ccc(Nc2c(Oc3ccccc3)cnn(-c3ccccc3)c2=O)cc1. The van der Waals surface area contributed by atoms with E-state index in [1.807, 2.05) is 48.5 Å². The highest BCUT2D eigenvalue weighted by molar-refractivity contribution is 5.94. The molecule has 0 aliphatic rings. The van der Waals surface area contributed by atoms with Crippen LogP contribution in [0, 0.1) is 0 Å². The zero-order valence-electron chi connectivity index (χ0n) is 19.7. The number of para-hydroxylation sites is 2. The minimum atomic E-state index is -0.377. The molecule has 0 atom stereocenters. The molecular weight excluding hydrogens is 466 g/mol. The molecule has 0 aliphatic carbocycles. The first-order valence-corrected chi connectivity index (χ1v) is 11.6. The summed E-state index contributed by atoms with van der Waals surface area (Å²) in [5, 5.41) is 10.3. The molecule has 182 valence electrons. The number of hydrogen-bond donors (Lipinski definition) is 2. The molecule has 2 aromatic heterocycles. The van der Waals surface area contributed by atoms with Crippen LogP contribution in [0.4, 0.5) is 11.4 Å². The number of nitrogens with one attached hydrogen (secondary N) is 2. The van der Waals surface area contributed by atoms with Crippen molar-refractivity contribution < 1.29 is 9.53 Å². The van der Waals surface area contributed by atoms with Gasteiger partial charge >= 0.3 is 0 Å². The minimum Gasteiger partial charge on any atom is -0.453 e. The molecule has 0 saturated heterocycles. The predicted molar refractivity (Wildman–Crippen MR) is 141 cm³/mol. The van der Waals surface area contributed by atoms with Crippen LogP contribution in [0.2, 0.25) is 0 Å². The molecule has 0 bridgehead atoms. The van der Waals surface area contributed by atoms with Crippen LogP contribution in [0.25, 0.3) is 5.69 Å². The molecule has 2 N–H and O–H groups in total. The van der Waals surface area contributed by atoms with Crippen LogP contribution >= 0.6 is 0 Å². The number of carbonyl (C=O) groups excluding carboxylic acids is 1. The molecule has 0 radical (unpaired) electrons. The van der Waals surface area contributed by atoms with Crippen molar-refractivity contribution in [2.45, 2.75) is 6.54 Å². The second kappa shape index (κ2) is 11.0. The number of pyridine rings is 1. The van der Waals surface area contributed by atoms with Crippen LogP contribution in [-0.4, -0.2) is 20.7 Å². The van der Waals surface area contributed by atoms with Crippen LogP contribution in [0.5, 0.6) is 11.5 Å². The van der Waals surface area contributed by atoms with Crippen molar-refractivity contribution in [3.8, 4) is 17.2 Å². The number of benzene rings is 3. The first-order valence-electron chi connectivity index (χ1n) is 11.6. The zero-order valence-corrected chi connectivity index (χ0v) is 19.7. The molecule has 3 aromatic carbocycles. The number of amides is 1. The Bertz CT molecular complexity index is 1540. The smallest absolute Gasteiger partial charge is 0.299 e. The van der Waals surface area contributed by atoms with E-state index in [-0.39, 0.29) is 22.9 Å². The van der Waals surface area contributed by atoms with Gasteiger partial charge in [-0.05, 0) is 60.2 Å². The molecule has 2 heterocycles. The molecule has 0 aliphatic heterocycles. The van der Waals surface area contributed by atoms with Gasteiger partial charge in [-0.25, -0.2) is 0 Å². The lowest BCUT2D eigenvalue weighted by molar-refractivity contribution is 0.0951. The molecule has 37 heavy (non-hydrogen) atoms. The Labute approximate surface area is 213 Å². The van der Waals surface area contributed by atoms with Gasteiger partial charge in [-0.3, -0.25) is 14.6 Å². The van der Waals surface area contributed by atoms with E-state index in [1.165, 1.54) is 10.9 Å². The van der Waals surface area contributed by atoms with Crippen molar-refractivity contribution in [2.75, 3.05) is 5.32 Å². The fraction of sp³-hybridized carbons (Fsp3) is 0.0345. The maximum absolute atomic E-state index is 13.5. The minimum absolute atomic E-state index is 0.209. The highest BCUT2D eigenvalue weighted by atomic mass is 16.5. The van der Waals surface area contributed by atoms with Crippen LogP contribution < -0.4 is 20.9 Å². The fourth-order valence-electron chi connectivity index (χ4n) is 3.64. The van der Waals surface area contributed by atoms with Gasteiger partial charge < -0.3 is 15.4 Å². The summed E-state index contributed by atoms with van der Waals surface area (Å²) in [4.78, 5) is 30.1. The molecule has 5 aromatic rings. The Morgan fingerprint density at radius 3 is 2.27 bits per heavy atom. The summed E-state index contributed by atoms with van der Waals surface area (Å²) < 4.78 is 7.29. The molecule has 5 rings (SSSR count). The van der Waals surface area contributed by atoms with Crippen LogP contribution in [0.3, 0.4) is 0 Å². The van der Waals surface area contributed by atoms with E-state index in [1.54, 1.807) is 60.9 Å². The van der Waals surface area contributed by atoms with Gasteiger partial charge in [0.1, 0.15) is 5.75 Å². The monoisotopic (exact) mass is 489 g/mol. The Morgan fingerprint density at radius 1 is 0.838 bits per heavy atom.